The second-order valence-electron chi connectivity index (χ2n) is 7.72. The minimum absolute atomic E-state index is 0.0327. The molecule has 0 aliphatic heterocycles. The number of anilines is 2. The Morgan fingerprint density at radius 1 is 1.10 bits per heavy atom. The number of nitrogens with one attached hydrogen (secondary N) is 2. The van der Waals surface area contributed by atoms with Gasteiger partial charge in [0.2, 0.25) is 5.95 Å². The maximum atomic E-state index is 14.4. The highest BCUT2D eigenvalue weighted by Gasteiger charge is 2.35. The van der Waals surface area contributed by atoms with Gasteiger partial charge >= 0.3 is 0 Å². The van der Waals surface area contributed by atoms with E-state index in [1.165, 1.54) is 12.1 Å². The zero-order valence-electron chi connectivity index (χ0n) is 16.1. The molecule has 3 atom stereocenters. The summed E-state index contributed by atoms with van der Waals surface area (Å²) in [6, 6.07) is 6.65. The quantitative estimate of drug-likeness (QED) is 0.495. The van der Waals surface area contributed by atoms with Crippen molar-refractivity contribution in [2.24, 2.45) is 5.92 Å². The van der Waals surface area contributed by atoms with Crippen molar-refractivity contribution in [2.75, 3.05) is 5.32 Å². The fourth-order valence-electron chi connectivity index (χ4n) is 4.05. The highest BCUT2D eigenvalue weighted by Crippen LogP contribution is 2.40. The number of fused-ring (bicyclic) bond motifs is 1. The average Bonchev–Trinajstić information content (AvgIpc) is 3.42. The van der Waals surface area contributed by atoms with Crippen LogP contribution in [0.25, 0.3) is 16.9 Å². The van der Waals surface area contributed by atoms with Crippen LogP contribution in [0.1, 0.15) is 31.4 Å². The summed E-state index contributed by atoms with van der Waals surface area (Å²) in [7, 11) is 0. The van der Waals surface area contributed by atoms with Gasteiger partial charge in [-0.1, -0.05) is 6.92 Å². The monoisotopic (exact) mass is 412 g/mol. The normalized spacial score (nSPS) is 21.4. The lowest BCUT2D eigenvalue weighted by Gasteiger charge is -2.12. The molecule has 1 fully saturated rings. The van der Waals surface area contributed by atoms with Gasteiger partial charge in [0.05, 0.1) is 5.69 Å². The first-order chi connectivity index (χ1) is 14.5. The Morgan fingerprint density at radius 3 is 2.63 bits per heavy atom. The minimum Gasteiger partial charge on any atom is -0.308 e. The Hall–Kier alpha value is -3.36. The Balaban J connectivity index is 1.50. The van der Waals surface area contributed by atoms with E-state index >= 15 is 0 Å². The molecule has 1 saturated carbocycles. The first-order valence-corrected chi connectivity index (χ1v) is 9.75. The molecular formula is C21H19F3N6. The second kappa shape index (κ2) is 7.16. The molecular weight excluding hydrogens is 393 g/mol. The fraction of sp³-hybridized carbons (Fsp3) is 0.286. The van der Waals surface area contributed by atoms with Crippen LogP contribution >= 0.6 is 0 Å². The van der Waals surface area contributed by atoms with Crippen LogP contribution in [0, 0.1) is 17.6 Å². The van der Waals surface area contributed by atoms with E-state index in [9.17, 15) is 13.2 Å². The zero-order valence-corrected chi connectivity index (χ0v) is 16.1. The van der Waals surface area contributed by atoms with Crippen molar-refractivity contribution in [1.82, 2.24) is 24.6 Å². The number of alkyl halides is 1. The van der Waals surface area contributed by atoms with Gasteiger partial charge < -0.3 is 5.32 Å². The van der Waals surface area contributed by atoms with Gasteiger partial charge in [-0.2, -0.15) is 5.10 Å². The van der Waals surface area contributed by atoms with Crippen molar-refractivity contribution in [2.45, 2.75) is 31.9 Å². The zero-order chi connectivity index (χ0) is 20.8. The number of H-pyrrole nitrogens is 1. The van der Waals surface area contributed by atoms with Crippen molar-refractivity contribution < 1.29 is 13.2 Å². The highest BCUT2D eigenvalue weighted by atomic mass is 19.1. The molecule has 0 saturated heterocycles. The van der Waals surface area contributed by atoms with E-state index in [-0.39, 0.29) is 11.8 Å². The van der Waals surface area contributed by atoms with E-state index in [1.54, 1.807) is 28.9 Å². The van der Waals surface area contributed by atoms with E-state index in [0.29, 0.717) is 28.7 Å². The maximum Gasteiger partial charge on any atom is 0.214 e. The number of aromatic nitrogens is 5. The van der Waals surface area contributed by atoms with E-state index < -0.39 is 17.8 Å². The minimum atomic E-state index is -0.900. The Kier molecular flexibility index (Phi) is 4.45. The lowest BCUT2D eigenvalue weighted by atomic mass is 10.0. The first kappa shape index (κ1) is 18.7. The molecule has 5 rings (SSSR count). The molecule has 0 spiro atoms. The number of hydrogen-bond donors (Lipinski definition) is 2. The van der Waals surface area contributed by atoms with Gasteiger partial charge in [-0.15, -0.1) is 0 Å². The van der Waals surface area contributed by atoms with Crippen LogP contribution in [0.4, 0.5) is 24.9 Å². The van der Waals surface area contributed by atoms with Gasteiger partial charge in [0.15, 0.2) is 5.82 Å². The molecule has 3 unspecified atom stereocenters. The van der Waals surface area contributed by atoms with Crippen molar-refractivity contribution in [3.63, 3.8) is 0 Å². The highest BCUT2D eigenvalue weighted by molar-refractivity contribution is 5.67. The molecule has 3 aromatic heterocycles. The summed E-state index contributed by atoms with van der Waals surface area (Å²) in [5.74, 6) is -0.696. The Morgan fingerprint density at radius 2 is 1.90 bits per heavy atom. The van der Waals surface area contributed by atoms with Gasteiger partial charge in [-0.05, 0) is 30.9 Å². The lowest BCUT2D eigenvalue weighted by molar-refractivity contribution is 0.253. The van der Waals surface area contributed by atoms with Crippen LogP contribution in [0.2, 0.25) is 0 Å². The largest absolute Gasteiger partial charge is 0.308 e. The Labute approximate surface area is 170 Å². The van der Waals surface area contributed by atoms with Crippen LogP contribution in [0.3, 0.4) is 0 Å². The molecule has 3 heterocycles. The van der Waals surface area contributed by atoms with Crippen LogP contribution in [-0.2, 0) is 0 Å². The molecule has 1 aliphatic rings. The number of nitrogens with zero attached hydrogens (tertiary/aromatic N) is 4. The molecule has 6 nitrogen and oxygen atoms in total. The van der Waals surface area contributed by atoms with Crippen LogP contribution in [-0.4, -0.2) is 30.7 Å². The third-order valence-electron chi connectivity index (χ3n) is 5.65. The number of benzene rings is 1. The van der Waals surface area contributed by atoms with Gasteiger partial charge in [-0.3, -0.25) is 9.50 Å². The molecule has 1 aliphatic carbocycles. The summed E-state index contributed by atoms with van der Waals surface area (Å²) in [6.07, 6.45) is 4.03. The van der Waals surface area contributed by atoms with E-state index in [2.05, 4.69) is 25.5 Å². The molecule has 30 heavy (non-hydrogen) atoms. The summed E-state index contributed by atoms with van der Waals surface area (Å²) in [5, 5.41) is 10.3. The van der Waals surface area contributed by atoms with E-state index in [0.717, 1.165) is 24.6 Å². The predicted octanol–water partition coefficient (Wildman–Crippen LogP) is 4.99. The van der Waals surface area contributed by atoms with Crippen LogP contribution in [0.15, 0.2) is 42.7 Å². The molecule has 1 aromatic carbocycles. The number of halogens is 3. The van der Waals surface area contributed by atoms with Gasteiger partial charge in [0.1, 0.15) is 23.5 Å². The number of aromatic amines is 1. The molecule has 4 aromatic rings. The number of rotatable bonds is 4. The molecule has 0 bridgehead atoms. The van der Waals surface area contributed by atoms with Gasteiger partial charge in [0.25, 0.3) is 0 Å². The summed E-state index contributed by atoms with van der Waals surface area (Å²) >= 11 is 0. The standard InChI is InChI=1S/C21H19F3N6/c1-11-2-3-15(20(11)24)17-9-18(29-28-17)27-21-26-16(10-19-25-4-5-30(19)21)12-6-13(22)8-14(23)7-12/h4-11,15,20H,2-3H2,1H3,(H2,26,27,28,29). The van der Waals surface area contributed by atoms with E-state index in [4.69, 9.17) is 0 Å². The lowest BCUT2D eigenvalue weighted by Crippen LogP contribution is -2.12. The van der Waals surface area contributed by atoms with Crippen molar-refractivity contribution >= 4 is 17.4 Å². The molecule has 154 valence electrons. The Bertz CT molecular complexity index is 1200. The van der Waals surface area contributed by atoms with E-state index in [1.807, 2.05) is 6.92 Å². The summed E-state index contributed by atoms with van der Waals surface area (Å²) in [6.45, 7) is 1.92. The first-order valence-electron chi connectivity index (χ1n) is 9.75. The summed E-state index contributed by atoms with van der Waals surface area (Å²) in [4.78, 5) is 8.76. The van der Waals surface area contributed by atoms with Gasteiger partial charge in [-0.25, -0.2) is 23.1 Å². The maximum absolute atomic E-state index is 14.4. The molecule has 2 N–H and O–H groups in total. The summed E-state index contributed by atoms with van der Waals surface area (Å²) in [5.41, 5.74) is 1.94. The SMILES string of the molecule is CC1CCC(c2cc(Nc3nc(-c4cc(F)cc(F)c4)cc4nccn34)n[nH]2)C1F. The topological polar surface area (TPSA) is 70.9 Å². The van der Waals surface area contributed by atoms with Gasteiger partial charge in [0, 0.05) is 47.8 Å². The fourth-order valence-corrected chi connectivity index (χ4v) is 4.05. The van der Waals surface area contributed by atoms with Crippen molar-refractivity contribution in [3.8, 4) is 11.3 Å². The smallest absolute Gasteiger partial charge is 0.214 e. The van der Waals surface area contributed by atoms with Crippen molar-refractivity contribution in [1.29, 1.82) is 0 Å². The predicted molar refractivity (Wildman–Crippen MR) is 106 cm³/mol. The molecule has 0 radical (unpaired) electrons. The second-order valence-corrected chi connectivity index (χ2v) is 7.72. The average molecular weight is 412 g/mol. The number of imidazole rings is 1. The third-order valence-corrected chi connectivity index (χ3v) is 5.65. The van der Waals surface area contributed by atoms with Crippen molar-refractivity contribution in [3.05, 3.63) is 60.1 Å². The molecule has 9 heteroatoms. The summed E-state index contributed by atoms with van der Waals surface area (Å²) < 4.78 is 43.5. The third kappa shape index (κ3) is 3.30. The van der Waals surface area contributed by atoms with Crippen LogP contribution < -0.4 is 5.32 Å². The molecule has 0 amide bonds. The number of hydrogen-bond acceptors (Lipinski definition) is 4. The van der Waals surface area contributed by atoms with Crippen LogP contribution in [0.5, 0.6) is 0 Å².